The van der Waals surface area contributed by atoms with Crippen LogP contribution in [0.15, 0.2) is 0 Å². The van der Waals surface area contributed by atoms with E-state index in [1.807, 2.05) is 18.7 Å². The van der Waals surface area contributed by atoms with Gasteiger partial charge >= 0.3 is 0 Å². The number of carbonyl (C=O) groups excluding carboxylic acids is 2. The maximum Gasteiger partial charge on any atom is 0.253 e. The fourth-order valence-corrected chi connectivity index (χ4v) is 3.64. The molecule has 1 aromatic heterocycles. The molecule has 2 atom stereocenters. The van der Waals surface area contributed by atoms with Crippen LogP contribution >= 0.6 is 11.3 Å². The number of hydrogen-bond acceptors (Lipinski definition) is 6. The van der Waals surface area contributed by atoms with E-state index in [4.69, 9.17) is 16.2 Å². The predicted molar refractivity (Wildman–Crippen MR) is 79.5 cm³/mol. The zero-order chi connectivity index (χ0) is 15.0. The van der Waals surface area contributed by atoms with Gasteiger partial charge in [-0.1, -0.05) is 0 Å². The summed E-state index contributed by atoms with van der Waals surface area (Å²) in [5.74, 6) is -0.761. The molecule has 1 fully saturated rings. The highest BCUT2D eigenvalue weighted by atomic mass is 32.1. The van der Waals surface area contributed by atoms with Gasteiger partial charge in [0.2, 0.25) is 0 Å². The summed E-state index contributed by atoms with van der Waals surface area (Å²) < 4.78 is 5.67. The van der Waals surface area contributed by atoms with Gasteiger partial charge in [-0.15, -0.1) is 11.3 Å². The van der Waals surface area contributed by atoms with Crippen LogP contribution in [0.1, 0.15) is 40.8 Å². The minimum absolute atomic E-state index is 0.0450. The number of Topliss-reactive ketones (excluding diaryl/α,β-unsaturated/α-hetero) is 1. The van der Waals surface area contributed by atoms with Gasteiger partial charge in [-0.2, -0.15) is 0 Å². The maximum atomic E-state index is 11.7. The van der Waals surface area contributed by atoms with Gasteiger partial charge in [-0.25, -0.2) is 0 Å². The fraction of sp³-hybridized carbons (Fsp3) is 0.538. The number of nitrogens with zero attached hydrogens (tertiary/aromatic N) is 1. The van der Waals surface area contributed by atoms with Crippen molar-refractivity contribution in [3.05, 3.63) is 10.4 Å². The molecule has 0 aliphatic carbocycles. The SMILES string of the molecule is CC(=O)c1sc(N2C[C@@H](C)O[C@@H](C)C2)c(C(N)=O)c1N. The van der Waals surface area contributed by atoms with Crippen LogP contribution in [0.2, 0.25) is 0 Å². The number of nitrogen functional groups attached to an aromatic ring is 1. The summed E-state index contributed by atoms with van der Waals surface area (Å²) in [5, 5.41) is 0.669. The molecule has 0 radical (unpaired) electrons. The predicted octanol–water partition coefficient (Wildman–Crippen LogP) is 1.25. The van der Waals surface area contributed by atoms with Crippen molar-refractivity contribution in [1.82, 2.24) is 0 Å². The van der Waals surface area contributed by atoms with E-state index in [0.717, 1.165) is 0 Å². The summed E-state index contributed by atoms with van der Waals surface area (Å²) in [6, 6.07) is 0. The van der Waals surface area contributed by atoms with Crippen molar-refractivity contribution in [2.45, 2.75) is 33.0 Å². The zero-order valence-electron chi connectivity index (χ0n) is 11.8. The van der Waals surface area contributed by atoms with Crippen molar-refractivity contribution in [1.29, 1.82) is 0 Å². The molecule has 7 heteroatoms. The van der Waals surface area contributed by atoms with Gasteiger partial charge in [-0.05, 0) is 13.8 Å². The lowest BCUT2D eigenvalue weighted by molar-refractivity contribution is -0.00505. The third-order valence-electron chi connectivity index (χ3n) is 3.20. The van der Waals surface area contributed by atoms with Gasteiger partial charge in [0.25, 0.3) is 5.91 Å². The quantitative estimate of drug-likeness (QED) is 0.818. The molecule has 4 N–H and O–H groups in total. The first kappa shape index (κ1) is 14.8. The van der Waals surface area contributed by atoms with Crippen molar-refractivity contribution < 1.29 is 14.3 Å². The van der Waals surface area contributed by atoms with E-state index < -0.39 is 5.91 Å². The molecule has 0 saturated carbocycles. The summed E-state index contributed by atoms with van der Waals surface area (Å²) in [7, 11) is 0. The van der Waals surface area contributed by atoms with Gasteiger partial charge in [0.1, 0.15) is 5.00 Å². The number of thiophene rings is 1. The molecular formula is C13H19N3O3S. The van der Waals surface area contributed by atoms with Gasteiger partial charge < -0.3 is 21.1 Å². The van der Waals surface area contributed by atoms with Crippen molar-refractivity contribution in [3.63, 3.8) is 0 Å². The van der Waals surface area contributed by atoms with Crippen molar-refractivity contribution >= 4 is 33.7 Å². The first-order valence-corrected chi connectivity index (χ1v) is 7.26. The lowest BCUT2D eigenvalue weighted by atomic mass is 10.1. The Morgan fingerprint density at radius 2 is 1.85 bits per heavy atom. The Hall–Kier alpha value is -1.60. The van der Waals surface area contributed by atoms with E-state index in [1.165, 1.54) is 18.3 Å². The minimum atomic E-state index is -0.604. The molecule has 0 bridgehead atoms. The summed E-state index contributed by atoms with van der Waals surface area (Å²) in [6.07, 6.45) is 0.0900. The lowest BCUT2D eigenvalue weighted by Gasteiger charge is -2.36. The van der Waals surface area contributed by atoms with E-state index in [-0.39, 0.29) is 29.2 Å². The zero-order valence-corrected chi connectivity index (χ0v) is 12.6. The van der Waals surface area contributed by atoms with Gasteiger partial charge in [-0.3, -0.25) is 9.59 Å². The van der Waals surface area contributed by atoms with Crippen LogP contribution in [-0.4, -0.2) is 37.0 Å². The Labute approximate surface area is 121 Å². The topological polar surface area (TPSA) is 98.6 Å². The second kappa shape index (κ2) is 5.41. The first-order chi connectivity index (χ1) is 9.31. The Balaban J connectivity index is 2.47. The van der Waals surface area contributed by atoms with E-state index in [2.05, 4.69) is 0 Å². The monoisotopic (exact) mass is 297 g/mol. The van der Waals surface area contributed by atoms with Crippen LogP contribution in [0.4, 0.5) is 10.7 Å². The number of anilines is 2. The molecular weight excluding hydrogens is 278 g/mol. The van der Waals surface area contributed by atoms with E-state index in [1.54, 1.807) is 0 Å². The Morgan fingerprint density at radius 3 is 2.30 bits per heavy atom. The molecule has 0 unspecified atom stereocenters. The molecule has 1 amide bonds. The largest absolute Gasteiger partial charge is 0.397 e. The molecule has 2 heterocycles. The summed E-state index contributed by atoms with van der Waals surface area (Å²) in [6.45, 7) is 6.65. The molecule has 0 aromatic carbocycles. The van der Waals surface area contributed by atoms with Crippen LogP contribution in [0.5, 0.6) is 0 Å². The van der Waals surface area contributed by atoms with Gasteiger partial charge in [0, 0.05) is 20.0 Å². The third-order valence-corrected chi connectivity index (χ3v) is 4.57. The molecule has 1 aromatic rings. The minimum Gasteiger partial charge on any atom is -0.397 e. The first-order valence-electron chi connectivity index (χ1n) is 6.44. The number of rotatable bonds is 3. The average molecular weight is 297 g/mol. The van der Waals surface area contributed by atoms with E-state index in [0.29, 0.717) is 23.0 Å². The molecule has 20 heavy (non-hydrogen) atoms. The van der Waals surface area contributed by atoms with Crippen LogP contribution in [0.25, 0.3) is 0 Å². The summed E-state index contributed by atoms with van der Waals surface area (Å²) in [5.41, 5.74) is 11.8. The average Bonchev–Trinajstić information content (AvgIpc) is 2.65. The number of ether oxygens (including phenoxy) is 1. The standard InChI is InChI=1S/C13H19N3O3S/c1-6-4-16(5-7(2)19-6)13-9(12(15)18)10(14)11(20-13)8(3)17/h6-7H,4-5,14H2,1-3H3,(H2,15,18)/t6-,7+. The number of carbonyl (C=O) groups is 2. The number of hydrogen-bond donors (Lipinski definition) is 2. The fourth-order valence-electron chi connectivity index (χ4n) is 2.50. The van der Waals surface area contributed by atoms with E-state index >= 15 is 0 Å². The second-order valence-electron chi connectivity index (χ2n) is 5.11. The van der Waals surface area contributed by atoms with Crippen LogP contribution in [0.3, 0.4) is 0 Å². The van der Waals surface area contributed by atoms with Crippen molar-refractivity contribution in [2.75, 3.05) is 23.7 Å². The molecule has 2 rings (SSSR count). The van der Waals surface area contributed by atoms with Gasteiger partial charge in [0.05, 0.1) is 28.3 Å². The maximum absolute atomic E-state index is 11.7. The molecule has 1 aliphatic rings. The molecule has 1 saturated heterocycles. The number of ketones is 1. The van der Waals surface area contributed by atoms with Crippen LogP contribution < -0.4 is 16.4 Å². The van der Waals surface area contributed by atoms with Crippen molar-refractivity contribution in [3.8, 4) is 0 Å². The van der Waals surface area contributed by atoms with Gasteiger partial charge in [0.15, 0.2) is 5.78 Å². The highest BCUT2D eigenvalue weighted by Crippen LogP contribution is 2.39. The highest BCUT2D eigenvalue weighted by molar-refractivity contribution is 7.19. The summed E-state index contributed by atoms with van der Waals surface area (Å²) >= 11 is 1.23. The Bertz CT molecular complexity index is 545. The number of morpholine rings is 1. The van der Waals surface area contributed by atoms with E-state index in [9.17, 15) is 9.59 Å². The normalized spacial score (nSPS) is 22.9. The number of amides is 1. The molecule has 1 aliphatic heterocycles. The molecule has 110 valence electrons. The third kappa shape index (κ3) is 2.64. The smallest absolute Gasteiger partial charge is 0.253 e. The number of nitrogens with two attached hydrogens (primary N) is 2. The lowest BCUT2D eigenvalue weighted by Crippen LogP contribution is -2.45. The molecule has 0 spiro atoms. The number of primary amides is 1. The highest BCUT2D eigenvalue weighted by Gasteiger charge is 2.30. The Morgan fingerprint density at radius 1 is 1.30 bits per heavy atom. The van der Waals surface area contributed by atoms with Crippen molar-refractivity contribution in [2.24, 2.45) is 5.73 Å². The van der Waals surface area contributed by atoms with Crippen LogP contribution in [0, 0.1) is 0 Å². The Kier molecular flexibility index (Phi) is 4.01. The summed E-state index contributed by atoms with van der Waals surface area (Å²) in [4.78, 5) is 25.7. The second-order valence-corrected chi connectivity index (χ2v) is 6.11. The van der Waals surface area contributed by atoms with Crippen LogP contribution in [-0.2, 0) is 4.74 Å². The molecule has 6 nitrogen and oxygen atoms in total.